The number of hydrogen-bond donors (Lipinski definition) is 0. The number of furan rings is 1. The maximum atomic E-state index is 12.8. The van der Waals surface area contributed by atoms with Gasteiger partial charge in [-0.25, -0.2) is 8.42 Å². The molecule has 2 aliphatic rings. The minimum atomic E-state index is -2.89. The van der Waals surface area contributed by atoms with Gasteiger partial charge in [-0.3, -0.25) is 9.69 Å². The van der Waals surface area contributed by atoms with Gasteiger partial charge in [-0.2, -0.15) is 0 Å². The zero-order chi connectivity index (χ0) is 21.3. The standard InChI is InChI=1S/C22H28N2O5S/c1-16-3-5-20(17(2)13-16)28-14-19-4-6-21(29-19)22(25)24-10-8-23(9-11-24)18-7-12-30(26,27)15-18/h3-6,13,18H,7-12,14-15H2,1-2H3. The van der Waals surface area contributed by atoms with Gasteiger partial charge in [0.15, 0.2) is 15.6 Å². The fourth-order valence-electron chi connectivity index (χ4n) is 4.19. The molecular formula is C22H28N2O5S. The van der Waals surface area contributed by atoms with Gasteiger partial charge in [-0.15, -0.1) is 0 Å². The molecule has 1 atom stereocenters. The first kappa shape index (κ1) is 20.9. The third-order valence-corrected chi connectivity index (χ3v) is 7.65. The molecule has 4 rings (SSSR count). The lowest BCUT2D eigenvalue weighted by atomic mass is 10.1. The highest BCUT2D eigenvalue weighted by Crippen LogP contribution is 2.22. The largest absolute Gasteiger partial charge is 0.485 e. The van der Waals surface area contributed by atoms with Gasteiger partial charge < -0.3 is 14.1 Å². The number of carbonyl (C=O) groups is 1. The fraction of sp³-hybridized carbons (Fsp3) is 0.500. The summed E-state index contributed by atoms with van der Waals surface area (Å²) in [5.74, 6) is 2.10. The van der Waals surface area contributed by atoms with E-state index in [-0.39, 0.29) is 30.1 Å². The molecule has 2 fully saturated rings. The average Bonchev–Trinajstić information content (AvgIpc) is 3.33. The van der Waals surface area contributed by atoms with Crippen molar-refractivity contribution in [2.24, 2.45) is 0 Å². The topological polar surface area (TPSA) is 80.1 Å². The van der Waals surface area contributed by atoms with Crippen molar-refractivity contribution < 1.29 is 22.4 Å². The van der Waals surface area contributed by atoms with Crippen molar-refractivity contribution in [1.82, 2.24) is 9.80 Å². The number of hydrogen-bond acceptors (Lipinski definition) is 6. The van der Waals surface area contributed by atoms with Gasteiger partial charge >= 0.3 is 0 Å². The van der Waals surface area contributed by atoms with Crippen molar-refractivity contribution in [3.8, 4) is 5.75 Å². The van der Waals surface area contributed by atoms with Gasteiger partial charge in [0.2, 0.25) is 0 Å². The Labute approximate surface area is 177 Å². The molecule has 2 aromatic rings. The van der Waals surface area contributed by atoms with Crippen molar-refractivity contribution in [2.75, 3.05) is 37.7 Å². The Morgan fingerprint density at radius 2 is 1.90 bits per heavy atom. The van der Waals surface area contributed by atoms with Crippen LogP contribution < -0.4 is 4.74 Å². The minimum absolute atomic E-state index is 0.0878. The molecule has 3 heterocycles. The smallest absolute Gasteiger partial charge is 0.289 e. The number of amides is 1. The van der Waals surface area contributed by atoms with Gasteiger partial charge in [-0.1, -0.05) is 17.7 Å². The molecule has 0 N–H and O–H groups in total. The molecule has 2 saturated heterocycles. The van der Waals surface area contributed by atoms with E-state index in [9.17, 15) is 13.2 Å². The Kier molecular flexibility index (Phi) is 5.88. The van der Waals surface area contributed by atoms with Crippen molar-refractivity contribution in [3.63, 3.8) is 0 Å². The summed E-state index contributed by atoms with van der Waals surface area (Å²) in [6.45, 7) is 6.83. The fourth-order valence-corrected chi connectivity index (χ4v) is 5.95. The van der Waals surface area contributed by atoms with Crippen LogP contribution in [0.3, 0.4) is 0 Å². The number of ether oxygens (including phenoxy) is 1. The maximum Gasteiger partial charge on any atom is 0.289 e. The first-order valence-electron chi connectivity index (χ1n) is 10.3. The number of benzene rings is 1. The van der Waals surface area contributed by atoms with Crippen LogP contribution in [-0.4, -0.2) is 67.9 Å². The third kappa shape index (κ3) is 4.70. The Hall–Kier alpha value is -2.32. The highest BCUT2D eigenvalue weighted by Gasteiger charge is 2.34. The third-order valence-electron chi connectivity index (χ3n) is 5.90. The van der Waals surface area contributed by atoms with E-state index in [0.717, 1.165) is 11.3 Å². The number of nitrogens with zero attached hydrogens (tertiary/aromatic N) is 2. The lowest BCUT2D eigenvalue weighted by molar-refractivity contribution is 0.0555. The summed E-state index contributed by atoms with van der Waals surface area (Å²) < 4.78 is 35.0. The summed E-state index contributed by atoms with van der Waals surface area (Å²) in [6, 6.07) is 9.56. The summed E-state index contributed by atoms with van der Waals surface area (Å²) in [5.41, 5.74) is 2.24. The molecule has 0 radical (unpaired) electrons. The number of piperazine rings is 1. The van der Waals surface area contributed by atoms with Crippen molar-refractivity contribution in [3.05, 3.63) is 53.0 Å². The quantitative estimate of drug-likeness (QED) is 0.722. The summed E-state index contributed by atoms with van der Waals surface area (Å²) in [7, 11) is -2.89. The molecule has 162 valence electrons. The second kappa shape index (κ2) is 8.43. The molecule has 30 heavy (non-hydrogen) atoms. The number of carbonyl (C=O) groups excluding carboxylic acids is 1. The van der Waals surface area contributed by atoms with Crippen LogP contribution in [-0.2, 0) is 16.4 Å². The molecule has 0 aliphatic carbocycles. The van der Waals surface area contributed by atoms with E-state index in [1.807, 2.05) is 26.0 Å². The summed E-state index contributed by atoms with van der Waals surface area (Å²) >= 11 is 0. The summed E-state index contributed by atoms with van der Waals surface area (Å²) in [6.07, 6.45) is 0.693. The van der Waals surface area contributed by atoms with Gasteiger partial charge in [0.25, 0.3) is 5.91 Å². The number of rotatable bonds is 5. The molecule has 0 spiro atoms. The van der Waals surface area contributed by atoms with Crippen molar-refractivity contribution in [1.29, 1.82) is 0 Å². The van der Waals surface area contributed by atoms with Crippen LogP contribution in [0.5, 0.6) is 5.75 Å². The first-order valence-corrected chi connectivity index (χ1v) is 12.2. The number of aryl methyl sites for hydroxylation is 2. The zero-order valence-corrected chi connectivity index (χ0v) is 18.3. The second-order valence-corrected chi connectivity index (χ2v) is 10.4. The highest BCUT2D eigenvalue weighted by molar-refractivity contribution is 7.91. The van der Waals surface area contributed by atoms with Gasteiger partial charge in [-0.05, 0) is 44.0 Å². The highest BCUT2D eigenvalue weighted by atomic mass is 32.2. The maximum absolute atomic E-state index is 12.8. The van der Waals surface area contributed by atoms with Crippen LogP contribution in [0, 0.1) is 13.8 Å². The molecule has 1 unspecified atom stereocenters. The van der Waals surface area contributed by atoms with E-state index >= 15 is 0 Å². The predicted octanol–water partition coefficient (Wildman–Crippen LogP) is 2.42. The zero-order valence-electron chi connectivity index (χ0n) is 17.5. The summed E-state index contributed by atoms with van der Waals surface area (Å²) in [4.78, 5) is 16.8. The molecule has 0 bridgehead atoms. The van der Waals surface area contributed by atoms with E-state index in [2.05, 4.69) is 11.0 Å². The first-order chi connectivity index (χ1) is 14.3. The molecule has 1 amide bonds. The van der Waals surface area contributed by atoms with Crippen LogP contribution in [0.2, 0.25) is 0 Å². The van der Waals surface area contributed by atoms with E-state index in [1.165, 1.54) is 5.56 Å². The Balaban J connectivity index is 1.30. The van der Waals surface area contributed by atoms with Crippen LogP contribution in [0.25, 0.3) is 0 Å². The van der Waals surface area contributed by atoms with Crippen molar-refractivity contribution in [2.45, 2.75) is 32.9 Å². The Morgan fingerprint density at radius 3 is 2.57 bits per heavy atom. The normalized spacial score (nSPS) is 21.7. The van der Waals surface area contributed by atoms with Gasteiger partial charge in [0.1, 0.15) is 18.1 Å². The van der Waals surface area contributed by atoms with Crippen LogP contribution in [0.15, 0.2) is 34.7 Å². The van der Waals surface area contributed by atoms with Gasteiger partial charge in [0.05, 0.1) is 11.5 Å². The SMILES string of the molecule is Cc1ccc(OCc2ccc(C(=O)N3CCN(C4CCS(=O)(=O)C4)CC3)o2)c(C)c1. The molecule has 7 nitrogen and oxygen atoms in total. The lowest BCUT2D eigenvalue weighted by Gasteiger charge is -2.37. The molecular weight excluding hydrogens is 404 g/mol. The average molecular weight is 433 g/mol. The van der Waals surface area contributed by atoms with Crippen LogP contribution >= 0.6 is 0 Å². The predicted molar refractivity (Wildman–Crippen MR) is 113 cm³/mol. The van der Waals surface area contributed by atoms with E-state index in [4.69, 9.17) is 9.15 Å². The number of sulfone groups is 1. The molecule has 8 heteroatoms. The molecule has 2 aliphatic heterocycles. The molecule has 0 saturated carbocycles. The van der Waals surface area contributed by atoms with E-state index in [0.29, 0.717) is 44.1 Å². The lowest BCUT2D eigenvalue weighted by Crippen LogP contribution is -2.52. The Bertz CT molecular complexity index is 1020. The van der Waals surface area contributed by atoms with E-state index < -0.39 is 9.84 Å². The molecule has 1 aromatic heterocycles. The second-order valence-electron chi connectivity index (χ2n) is 8.21. The van der Waals surface area contributed by atoms with Gasteiger partial charge in [0, 0.05) is 32.2 Å². The van der Waals surface area contributed by atoms with E-state index in [1.54, 1.807) is 17.0 Å². The Morgan fingerprint density at radius 1 is 1.13 bits per heavy atom. The molecule has 1 aromatic carbocycles. The van der Waals surface area contributed by atoms with Crippen molar-refractivity contribution >= 4 is 15.7 Å². The summed E-state index contributed by atoms with van der Waals surface area (Å²) in [5, 5.41) is 0. The minimum Gasteiger partial charge on any atom is -0.485 e. The monoisotopic (exact) mass is 432 g/mol. The van der Waals surface area contributed by atoms with Crippen LogP contribution in [0.1, 0.15) is 33.9 Å². The van der Waals surface area contributed by atoms with Crippen LogP contribution in [0.4, 0.5) is 0 Å².